The Hall–Kier alpha value is -3.51. The molecule has 2 N–H and O–H groups in total. The van der Waals surface area contributed by atoms with Gasteiger partial charge in [-0.05, 0) is 74.6 Å². The molecule has 0 aliphatic carbocycles. The van der Waals surface area contributed by atoms with Crippen LogP contribution in [-0.2, 0) is 23.1 Å². The lowest BCUT2D eigenvalue weighted by molar-refractivity contribution is -0.143. The van der Waals surface area contributed by atoms with Gasteiger partial charge in [-0.3, -0.25) is 13.9 Å². The highest BCUT2D eigenvalue weighted by atomic mass is 32.3. The highest BCUT2D eigenvalue weighted by Crippen LogP contribution is 2.58. The van der Waals surface area contributed by atoms with Gasteiger partial charge in [0.15, 0.2) is 11.5 Å². The molecule has 1 unspecified atom stereocenters. The number of carbonyl (C=O) groups excluding carboxylic acids is 1. The lowest BCUT2D eigenvalue weighted by atomic mass is 9.89. The normalized spacial score (nSPS) is 19.7. The number of aryl methyl sites for hydroxylation is 3. The Morgan fingerprint density at radius 2 is 2.00 bits per heavy atom. The topological polar surface area (TPSA) is 117 Å². The number of carbonyl (C=O) groups is 1. The molecule has 0 bridgehead atoms. The summed E-state index contributed by atoms with van der Waals surface area (Å²) < 4.78 is 32.5. The molecular formula is C31H38N6O4S. The summed E-state index contributed by atoms with van der Waals surface area (Å²) in [7, 11) is -1.34. The Morgan fingerprint density at radius 3 is 2.81 bits per heavy atom. The van der Waals surface area contributed by atoms with E-state index in [0.717, 1.165) is 58.5 Å². The molecule has 0 amide bonds. The number of anilines is 1. The van der Waals surface area contributed by atoms with Gasteiger partial charge in [-0.25, -0.2) is 4.98 Å². The van der Waals surface area contributed by atoms with Crippen molar-refractivity contribution in [3.05, 3.63) is 76.7 Å². The number of benzene rings is 1. The van der Waals surface area contributed by atoms with Gasteiger partial charge in [-0.1, -0.05) is 18.2 Å². The standard InChI is InChI=1S/C31H38N6O4S/c1-5-41-29(38)17-26(27-16-23-14-21(3)33-34-30(23)35(27)4)22-11-10-20(2)24(15-22)18-36-19-25-8-7-13-37(25)31-28(42(36,39)40)9-6-12-32-31/h6,9-12,14-16,25-26,39-40H,5,7-8,13,17-19H2,1-4H3/t25-,26?/m1/s1. The lowest BCUT2D eigenvalue weighted by Gasteiger charge is -2.42. The Labute approximate surface area is 247 Å². The number of esters is 1. The van der Waals surface area contributed by atoms with Gasteiger partial charge in [-0.2, -0.15) is 9.40 Å². The average Bonchev–Trinajstić information content (AvgIpc) is 3.54. The van der Waals surface area contributed by atoms with Gasteiger partial charge in [0.2, 0.25) is 0 Å². The zero-order chi connectivity index (χ0) is 29.6. The molecule has 1 saturated heterocycles. The number of aromatic nitrogens is 4. The molecule has 4 aromatic rings. The monoisotopic (exact) mass is 590 g/mol. The Kier molecular flexibility index (Phi) is 7.69. The first-order valence-electron chi connectivity index (χ1n) is 14.5. The molecule has 42 heavy (non-hydrogen) atoms. The summed E-state index contributed by atoms with van der Waals surface area (Å²) in [4.78, 5) is 20.1. The Bertz CT molecular complexity index is 1640. The van der Waals surface area contributed by atoms with Crippen LogP contribution in [-0.4, -0.2) is 64.9 Å². The van der Waals surface area contributed by atoms with Gasteiger partial charge in [-0.15, -0.1) is 15.9 Å². The minimum absolute atomic E-state index is 0.160. The number of hydrogen-bond donors (Lipinski definition) is 2. The molecule has 3 aromatic heterocycles. The maximum atomic E-state index is 12.9. The summed E-state index contributed by atoms with van der Waals surface area (Å²) >= 11 is 0. The fourth-order valence-electron chi connectivity index (χ4n) is 6.38. The van der Waals surface area contributed by atoms with Gasteiger partial charge in [0, 0.05) is 55.9 Å². The van der Waals surface area contributed by atoms with Crippen LogP contribution in [0.15, 0.2) is 53.6 Å². The quantitative estimate of drug-likeness (QED) is 0.266. The van der Waals surface area contributed by atoms with Crippen molar-refractivity contribution in [2.24, 2.45) is 7.05 Å². The van der Waals surface area contributed by atoms with Gasteiger partial charge in [0.1, 0.15) is 4.90 Å². The molecule has 0 radical (unpaired) electrons. The van der Waals surface area contributed by atoms with Crippen LogP contribution < -0.4 is 4.90 Å². The van der Waals surface area contributed by atoms with Crippen LogP contribution in [0.25, 0.3) is 11.0 Å². The molecule has 222 valence electrons. The number of pyridine rings is 1. The van der Waals surface area contributed by atoms with Crippen LogP contribution in [0.2, 0.25) is 0 Å². The predicted octanol–water partition coefficient (Wildman–Crippen LogP) is 5.57. The van der Waals surface area contributed by atoms with Gasteiger partial charge >= 0.3 is 5.97 Å². The lowest BCUT2D eigenvalue weighted by Crippen LogP contribution is -2.38. The largest absolute Gasteiger partial charge is 0.466 e. The minimum atomic E-state index is -3.28. The minimum Gasteiger partial charge on any atom is -0.466 e. The zero-order valence-electron chi connectivity index (χ0n) is 24.5. The fourth-order valence-corrected chi connectivity index (χ4v) is 8.03. The van der Waals surface area contributed by atoms with E-state index in [0.29, 0.717) is 30.4 Å². The smallest absolute Gasteiger partial charge is 0.306 e. The zero-order valence-corrected chi connectivity index (χ0v) is 25.3. The van der Waals surface area contributed by atoms with Crippen molar-refractivity contribution >= 4 is 33.6 Å². The van der Waals surface area contributed by atoms with Crippen LogP contribution >= 0.6 is 10.8 Å². The van der Waals surface area contributed by atoms with E-state index in [1.54, 1.807) is 18.3 Å². The van der Waals surface area contributed by atoms with E-state index in [1.165, 1.54) is 0 Å². The molecule has 2 aliphatic rings. The van der Waals surface area contributed by atoms with Gasteiger partial charge in [0.25, 0.3) is 0 Å². The van der Waals surface area contributed by atoms with Crippen molar-refractivity contribution in [2.45, 2.75) is 63.4 Å². The molecule has 1 fully saturated rings. The SMILES string of the molecule is CCOC(=O)CC(c1ccc(C)c(CN2C[C@H]3CCCN3c3ncccc3S2(O)O)c1)c1cc2cc(C)nnc2n1C. The number of fused-ring (bicyclic) bond motifs is 4. The first-order valence-corrected chi connectivity index (χ1v) is 16.0. The highest BCUT2D eigenvalue weighted by molar-refractivity contribution is 8.22. The first kappa shape index (κ1) is 28.6. The molecule has 5 heterocycles. The molecule has 11 heteroatoms. The van der Waals surface area contributed by atoms with Crippen molar-refractivity contribution in [1.82, 2.24) is 24.1 Å². The Morgan fingerprint density at radius 1 is 1.17 bits per heavy atom. The maximum Gasteiger partial charge on any atom is 0.306 e. The summed E-state index contributed by atoms with van der Waals surface area (Å²) in [6.45, 7) is 7.81. The predicted molar refractivity (Wildman–Crippen MR) is 164 cm³/mol. The van der Waals surface area contributed by atoms with E-state index < -0.39 is 10.8 Å². The van der Waals surface area contributed by atoms with Crippen molar-refractivity contribution in [1.29, 1.82) is 0 Å². The van der Waals surface area contributed by atoms with E-state index in [-0.39, 0.29) is 24.3 Å². The van der Waals surface area contributed by atoms with Crippen LogP contribution in [0.1, 0.15) is 60.2 Å². The van der Waals surface area contributed by atoms with E-state index in [1.807, 2.05) is 42.8 Å². The van der Waals surface area contributed by atoms with E-state index in [2.05, 4.69) is 44.3 Å². The Balaban J connectivity index is 1.39. The second-order valence-electron chi connectivity index (χ2n) is 11.3. The summed E-state index contributed by atoms with van der Waals surface area (Å²) in [5.41, 5.74) is 5.49. The molecule has 6 rings (SSSR count). The second-order valence-corrected chi connectivity index (χ2v) is 13.3. The maximum absolute atomic E-state index is 12.9. The third-order valence-corrected chi connectivity index (χ3v) is 10.5. The molecule has 0 saturated carbocycles. The number of hydrogen-bond acceptors (Lipinski definition) is 9. The van der Waals surface area contributed by atoms with Crippen molar-refractivity contribution < 1.29 is 18.6 Å². The molecule has 1 aromatic carbocycles. The molecule has 0 spiro atoms. The first-order chi connectivity index (χ1) is 20.2. The summed E-state index contributed by atoms with van der Waals surface area (Å²) in [6.07, 6.45) is 3.91. The van der Waals surface area contributed by atoms with Crippen LogP contribution in [0.3, 0.4) is 0 Å². The van der Waals surface area contributed by atoms with Crippen molar-refractivity contribution in [2.75, 3.05) is 24.6 Å². The second kappa shape index (κ2) is 11.3. The molecule has 2 atom stereocenters. The van der Waals surface area contributed by atoms with Crippen LogP contribution in [0.4, 0.5) is 5.82 Å². The number of nitrogens with zero attached hydrogens (tertiary/aromatic N) is 6. The van der Waals surface area contributed by atoms with Gasteiger partial charge < -0.3 is 14.2 Å². The third-order valence-electron chi connectivity index (χ3n) is 8.56. The molecule has 10 nitrogen and oxygen atoms in total. The summed E-state index contributed by atoms with van der Waals surface area (Å²) in [5, 5.41) is 9.60. The van der Waals surface area contributed by atoms with Gasteiger partial charge in [0.05, 0.1) is 18.7 Å². The summed E-state index contributed by atoms with van der Waals surface area (Å²) in [6, 6.07) is 14.0. The van der Waals surface area contributed by atoms with Crippen molar-refractivity contribution in [3.63, 3.8) is 0 Å². The van der Waals surface area contributed by atoms with Crippen LogP contribution in [0.5, 0.6) is 0 Å². The van der Waals surface area contributed by atoms with Crippen molar-refractivity contribution in [3.8, 4) is 0 Å². The number of rotatable bonds is 7. The van der Waals surface area contributed by atoms with E-state index in [9.17, 15) is 13.9 Å². The number of ether oxygens (including phenoxy) is 1. The molecule has 2 aliphatic heterocycles. The van der Waals surface area contributed by atoms with E-state index >= 15 is 0 Å². The molecular weight excluding hydrogens is 552 g/mol. The average molecular weight is 591 g/mol. The third kappa shape index (κ3) is 5.15. The van der Waals surface area contributed by atoms with E-state index in [4.69, 9.17) is 4.74 Å². The van der Waals surface area contributed by atoms with Crippen LogP contribution in [0, 0.1) is 13.8 Å². The summed E-state index contributed by atoms with van der Waals surface area (Å²) in [5.74, 6) is 0.114. The fraction of sp³-hybridized carbons (Fsp3) is 0.419. The highest BCUT2D eigenvalue weighted by Gasteiger charge is 2.40.